The summed E-state index contributed by atoms with van der Waals surface area (Å²) in [5.41, 5.74) is 7.25. The first kappa shape index (κ1) is 15.9. The number of nitrogens with zero attached hydrogens (tertiary/aromatic N) is 1. The first-order chi connectivity index (χ1) is 11.2. The number of ether oxygens (including phenoxy) is 3. The summed E-state index contributed by atoms with van der Waals surface area (Å²) in [4.78, 5) is 4.51. The molecule has 23 heavy (non-hydrogen) atoms. The predicted molar refractivity (Wildman–Crippen MR) is 90.3 cm³/mol. The minimum Gasteiger partial charge on any atom is -0.497 e. The van der Waals surface area contributed by atoms with Crippen LogP contribution in [0.5, 0.6) is 11.5 Å². The summed E-state index contributed by atoms with van der Waals surface area (Å²) in [6, 6.07) is 5.53. The van der Waals surface area contributed by atoms with E-state index < -0.39 is 0 Å². The van der Waals surface area contributed by atoms with Gasteiger partial charge in [0.25, 0.3) is 0 Å². The van der Waals surface area contributed by atoms with Crippen LogP contribution >= 0.6 is 0 Å². The number of rotatable bonds is 5. The van der Waals surface area contributed by atoms with E-state index in [1.807, 2.05) is 18.2 Å². The SMILES string of the molecule is COc1ccc(OC)c(NC(N)=NCC2CC23CCOCC3)c1. The maximum Gasteiger partial charge on any atom is 0.193 e. The van der Waals surface area contributed by atoms with Crippen LogP contribution in [0.15, 0.2) is 23.2 Å². The van der Waals surface area contributed by atoms with Crippen molar-refractivity contribution in [1.29, 1.82) is 0 Å². The lowest BCUT2D eigenvalue weighted by atomic mass is 9.94. The van der Waals surface area contributed by atoms with Crippen molar-refractivity contribution < 1.29 is 14.2 Å². The van der Waals surface area contributed by atoms with Gasteiger partial charge in [0.15, 0.2) is 5.96 Å². The van der Waals surface area contributed by atoms with Gasteiger partial charge in [-0.1, -0.05) is 0 Å². The van der Waals surface area contributed by atoms with Crippen LogP contribution in [-0.4, -0.2) is 39.9 Å². The topological polar surface area (TPSA) is 78.1 Å². The number of nitrogens with one attached hydrogen (secondary N) is 1. The summed E-state index contributed by atoms with van der Waals surface area (Å²) < 4.78 is 16.0. The molecule has 1 atom stereocenters. The molecule has 1 saturated carbocycles. The summed E-state index contributed by atoms with van der Waals surface area (Å²) in [5.74, 6) is 2.49. The second kappa shape index (κ2) is 6.66. The van der Waals surface area contributed by atoms with E-state index in [1.54, 1.807) is 14.2 Å². The molecule has 1 spiro atoms. The number of anilines is 1. The van der Waals surface area contributed by atoms with Gasteiger partial charge in [0.2, 0.25) is 0 Å². The molecule has 2 aliphatic rings. The van der Waals surface area contributed by atoms with Gasteiger partial charge in [-0.2, -0.15) is 0 Å². The molecule has 6 nitrogen and oxygen atoms in total. The van der Waals surface area contributed by atoms with Crippen LogP contribution in [0.3, 0.4) is 0 Å². The molecular formula is C17H25N3O3. The van der Waals surface area contributed by atoms with Gasteiger partial charge < -0.3 is 25.3 Å². The molecule has 1 aliphatic carbocycles. The van der Waals surface area contributed by atoms with Crippen LogP contribution in [-0.2, 0) is 4.74 Å². The largest absolute Gasteiger partial charge is 0.497 e. The Kier molecular flexibility index (Phi) is 4.61. The third kappa shape index (κ3) is 3.52. The highest BCUT2D eigenvalue weighted by atomic mass is 16.5. The number of guanidine groups is 1. The second-order valence-electron chi connectivity index (χ2n) is 6.29. The summed E-state index contributed by atoms with van der Waals surface area (Å²) in [5, 5.41) is 3.11. The van der Waals surface area contributed by atoms with Crippen molar-refractivity contribution in [2.45, 2.75) is 19.3 Å². The maximum atomic E-state index is 6.03. The Labute approximate surface area is 137 Å². The average Bonchev–Trinajstić information content (AvgIpc) is 3.25. The molecule has 1 aromatic carbocycles. The number of nitrogens with two attached hydrogens (primary N) is 1. The minimum absolute atomic E-state index is 0.408. The van der Waals surface area contributed by atoms with Crippen molar-refractivity contribution in [3.8, 4) is 11.5 Å². The Balaban J connectivity index is 1.59. The van der Waals surface area contributed by atoms with Gasteiger partial charge in [-0.05, 0) is 42.7 Å². The molecule has 1 unspecified atom stereocenters. The van der Waals surface area contributed by atoms with Gasteiger partial charge in [0, 0.05) is 25.8 Å². The van der Waals surface area contributed by atoms with E-state index in [2.05, 4.69) is 10.3 Å². The van der Waals surface area contributed by atoms with Crippen molar-refractivity contribution in [1.82, 2.24) is 0 Å². The van der Waals surface area contributed by atoms with E-state index in [0.717, 1.165) is 44.0 Å². The number of methoxy groups -OCH3 is 2. The zero-order valence-electron chi connectivity index (χ0n) is 13.8. The Morgan fingerprint density at radius 3 is 2.83 bits per heavy atom. The first-order valence-corrected chi connectivity index (χ1v) is 8.03. The lowest BCUT2D eigenvalue weighted by molar-refractivity contribution is 0.0525. The van der Waals surface area contributed by atoms with Gasteiger partial charge in [-0.15, -0.1) is 0 Å². The highest BCUT2D eigenvalue weighted by molar-refractivity contribution is 5.94. The van der Waals surface area contributed by atoms with Crippen LogP contribution < -0.4 is 20.5 Å². The van der Waals surface area contributed by atoms with Crippen molar-refractivity contribution in [3.63, 3.8) is 0 Å². The smallest absolute Gasteiger partial charge is 0.193 e. The zero-order valence-corrected chi connectivity index (χ0v) is 13.8. The van der Waals surface area contributed by atoms with Gasteiger partial charge in [0.05, 0.1) is 19.9 Å². The normalized spacial score (nSPS) is 22.7. The second-order valence-corrected chi connectivity index (χ2v) is 6.29. The fourth-order valence-electron chi connectivity index (χ4n) is 3.38. The van der Waals surface area contributed by atoms with Crippen molar-refractivity contribution in [2.75, 3.05) is 39.3 Å². The van der Waals surface area contributed by atoms with Crippen molar-refractivity contribution >= 4 is 11.6 Å². The lowest BCUT2D eigenvalue weighted by Crippen LogP contribution is -2.24. The highest BCUT2D eigenvalue weighted by Gasteiger charge is 2.53. The molecule has 0 aromatic heterocycles. The molecule has 3 rings (SSSR count). The Hall–Kier alpha value is -1.95. The van der Waals surface area contributed by atoms with Crippen LogP contribution in [0, 0.1) is 11.3 Å². The Bertz CT molecular complexity index is 582. The molecule has 1 aliphatic heterocycles. The van der Waals surface area contributed by atoms with Gasteiger partial charge in [0.1, 0.15) is 11.5 Å². The van der Waals surface area contributed by atoms with Crippen LogP contribution in [0.4, 0.5) is 5.69 Å². The van der Waals surface area contributed by atoms with E-state index in [4.69, 9.17) is 19.9 Å². The van der Waals surface area contributed by atoms with E-state index in [9.17, 15) is 0 Å². The molecule has 0 amide bonds. The molecule has 126 valence electrons. The highest BCUT2D eigenvalue weighted by Crippen LogP contribution is 2.59. The fraction of sp³-hybridized carbons (Fsp3) is 0.588. The molecule has 2 fully saturated rings. The van der Waals surface area contributed by atoms with Crippen molar-refractivity contribution in [3.05, 3.63) is 18.2 Å². The molecule has 0 bridgehead atoms. The summed E-state index contributed by atoms with van der Waals surface area (Å²) >= 11 is 0. The van der Waals surface area contributed by atoms with Gasteiger partial charge in [-0.25, -0.2) is 0 Å². The quantitative estimate of drug-likeness (QED) is 0.643. The van der Waals surface area contributed by atoms with Gasteiger partial charge >= 0.3 is 0 Å². The lowest BCUT2D eigenvalue weighted by Gasteiger charge is -2.22. The third-order valence-corrected chi connectivity index (χ3v) is 5.00. The number of hydrogen-bond acceptors (Lipinski definition) is 4. The molecule has 1 saturated heterocycles. The molecule has 0 radical (unpaired) electrons. The van der Waals surface area contributed by atoms with E-state index >= 15 is 0 Å². The standard InChI is InChI=1S/C17H25N3O3/c1-21-13-3-4-15(22-2)14(9-13)20-16(18)19-11-12-10-17(12)5-7-23-8-6-17/h3-4,9,12H,5-8,10-11H2,1-2H3,(H3,18,19,20). The van der Waals surface area contributed by atoms with E-state index in [0.29, 0.717) is 23.0 Å². The Morgan fingerprint density at radius 1 is 1.35 bits per heavy atom. The number of benzene rings is 1. The summed E-state index contributed by atoms with van der Waals surface area (Å²) in [7, 11) is 3.25. The molecular weight excluding hydrogens is 294 g/mol. The number of aliphatic imine (C=N–C) groups is 1. The van der Waals surface area contributed by atoms with Crippen LogP contribution in [0.25, 0.3) is 0 Å². The monoisotopic (exact) mass is 319 g/mol. The van der Waals surface area contributed by atoms with E-state index in [-0.39, 0.29) is 0 Å². The Morgan fingerprint density at radius 2 is 2.13 bits per heavy atom. The molecule has 1 aromatic rings. The fourth-order valence-corrected chi connectivity index (χ4v) is 3.38. The summed E-state index contributed by atoms with van der Waals surface area (Å²) in [6.45, 7) is 2.54. The van der Waals surface area contributed by atoms with Gasteiger partial charge in [-0.3, -0.25) is 4.99 Å². The molecule has 1 heterocycles. The summed E-state index contributed by atoms with van der Waals surface area (Å²) in [6.07, 6.45) is 3.56. The minimum atomic E-state index is 0.408. The number of hydrogen-bond donors (Lipinski definition) is 2. The molecule has 6 heteroatoms. The maximum absolute atomic E-state index is 6.03. The average molecular weight is 319 g/mol. The third-order valence-electron chi connectivity index (χ3n) is 5.00. The first-order valence-electron chi connectivity index (χ1n) is 8.03. The van der Waals surface area contributed by atoms with Crippen LogP contribution in [0.1, 0.15) is 19.3 Å². The molecule has 3 N–H and O–H groups in total. The van der Waals surface area contributed by atoms with Crippen molar-refractivity contribution in [2.24, 2.45) is 22.1 Å². The van der Waals surface area contributed by atoms with Crippen LogP contribution in [0.2, 0.25) is 0 Å². The zero-order chi connectivity index (χ0) is 16.3. The van der Waals surface area contributed by atoms with E-state index in [1.165, 1.54) is 6.42 Å². The predicted octanol–water partition coefficient (Wildman–Crippen LogP) is 2.25.